The largest absolute Gasteiger partial charge is 0.480 e. The number of aromatic nitrogens is 1. The van der Waals surface area contributed by atoms with Gasteiger partial charge in [-0.05, 0) is 37.5 Å². The minimum atomic E-state index is -0.946. The zero-order valence-electron chi connectivity index (χ0n) is 11.7. The molecule has 1 N–H and O–H groups in total. The van der Waals surface area contributed by atoms with Gasteiger partial charge in [0.2, 0.25) is 0 Å². The Labute approximate surface area is 122 Å². The number of carboxylic acid groups (broad SMARTS) is 1. The number of fused-ring (bicyclic) bond motifs is 1. The normalized spacial score (nSPS) is 18.1. The van der Waals surface area contributed by atoms with Crippen LogP contribution in [0.3, 0.4) is 0 Å². The van der Waals surface area contributed by atoms with Crippen LogP contribution in [0.2, 0.25) is 0 Å². The van der Waals surface area contributed by atoms with Crippen molar-refractivity contribution in [3.63, 3.8) is 0 Å². The van der Waals surface area contributed by atoms with Gasteiger partial charge in [0.1, 0.15) is 11.7 Å². The molecular formula is C16H16N2O3. The number of benzene rings is 1. The number of carbonyl (C=O) groups is 2. The average molecular weight is 284 g/mol. The molecule has 5 heteroatoms. The molecule has 2 heterocycles. The number of nitrogens with zero attached hydrogens (tertiary/aromatic N) is 2. The molecule has 1 fully saturated rings. The summed E-state index contributed by atoms with van der Waals surface area (Å²) in [6.07, 6.45) is 1.23. The first kappa shape index (κ1) is 13.5. The van der Waals surface area contributed by atoms with Crippen LogP contribution in [0, 0.1) is 6.92 Å². The SMILES string of the molecule is Cc1cc(C(=O)N2CCC[C@H]2C(=O)O)nc2ccccc12. The molecule has 0 spiro atoms. The minimum Gasteiger partial charge on any atom is -0.480 e. The summed E-state index contributed by atoms with van der Waals surface area (Å²) in [5, 5.41) is 10.2. The highest BCUT2D eigenvalue weighted by atomic mass is 16.4. The molecule has 0 radical (unpaired) electrons. The van der Waals surface area contributed by atoms with Gasteiger partial charge in [0.05, 0.1) is 5.52 Å². The molecule has 0 saturated carbocycles. The van der Waals surface area contributed by atoms with E-state index < -0.39 is 12.0 Å². The van der Waals surface area contributed by atoms with Crippen molar-refractivity contribution in [1.82, 2.24) is 9.88 Å². The van der Waals surface area contributed by atoms with Crippen LogP contribution in [0.25, 0.3) is 10.9 Å². The van der Waals surface area contributed by atoms with Gasteiger partial charge in [-0.3, -0.25) is 4.79 Å². The third-order valence-corrected chi connectivity index (χ3v) is 3.94. The van der Waals surface area contributed by atoms with Crippen LogP contribution < -0.4 is 0 Å². The number of para-hydroxylation sites is 1. The molecule has 0 aliphatic carbocycles. The summed E-state index contributed by atoms with van der Waals surface area (Å²) in [4.78, 5) is 29.6. The van der Waals surface area contributed by atoms with Crippen molar-refractivity contribution >= 4 is 22.8 Å². The van der Waals surface area contributed by atoms with Crippen molar-refractivity contribution in [3.05, 3.63) is 41.6 Å². The number of amides is 1. The number of rotatable bonds is 2. The van der Waals surface area contributed by atoms with Gasteiger partial charge in [-0.15, -0.1) is 0 Å². The smallest absolute Gasteiger partial charge is 0.326 e. The van der Waals surface area contributed by atoms with Crippen LogP contribution in [0.5, 0.6) is 0 Å². The monoisotopic (exact) mass is 284 g/mol. The summed E-state index contributed by atoms with van der Waals surface area (Å²) in [7, 11) is 0. The fourth-order valence-electron chi connectivity index (χ4n) is 2.87. The van der Waals surface area contributed by atoms with Gasteiger partial charge in [-0.1, -0.05) is 18.2 Å². The maximum Gasteiger partial charge on any atom is 0.326 e. The molecule has 108 valence electrons. The Kier molecular flexibility index (Phi) is 3.33. The van der Waals surface area contributed by atoms with E-state index in [0.717, 1.165) is 22.9 Å². The molecule has 1 aromatic carbocycles. The third kappa shape index (κ3) is 2.35. The topological polar surface area (TPSA) is 70.5 Å². The molecular weight excluding hydrogens is 268 g/mol. The van der Waals surface area contributed by atoms with Crippen molar-refractivity contribution in [2.75, 3.05) is 6.54 Å². The Morgan fingerprint density at radius 3 is 2.86 bits per heavy atom. The number of hydrogen-bond acceptors (Lipinski definition) is 3. The Morgan fingerprint density at radius 1 is 1.33 bits per heavy atom. The van der Waals surface area contributed by atoms with E-state index in [1.54, 1.807) is 6.07 Å². The second kappa shape index (κ2) is 5.16. The number of hydrogen-bond donors (Lipinski definition) is 1. The molecule has 1 aliphatic rings. The first-order chi connectivity index (χ1) is 10.1. The fourth-order valence-corrected chi connectivity index (χ4v) is 2.87. The Morgan fingerprint density at radius 2 is 2.10 bits per heavy atom. The van der Waals surface area contributed by atoms with E-state index in [1.165, 1.54) is 4.90 Å². The highest BCUT2D eigenvalue weighted by molar-refractivity contribution is 5.98. The van der Waals surface area contributed by atoms with E-state index in [9.17, 15) is 14.7 Å². The first-order valence-electron chi connectivity index (χ1n) is 6.98. The summed E-state index contributed by atoms with van der Waals surface area (Å²) >= 11 is 0. The van der Waals surface area contributed by atoms with E-state index in [2.05, 4.69) is 4.98 Å². The van der Waals surface area contributed by atoms with Crippen molar-refractivity contribution in [2.24, 2.45) is 0 Å². The fraction of sp³-hybridized carbons (Fsp3) is 0.312. The summed E-state index contributed by atoms with van der Waals surface area (Å²) in [6.45, 7) is 2.41. The number of likely N-dealkylation sites (tertiary alicyclic amines) is 1. The van der Waals surface area contributed by atoms with E-state index >= 15 is 0 Å². The van der Waals surface area contributed by atoms with E-state index in [4.69, 9.17) is 0 Å². The highest BCUT2D eigenvalue weighted by Crippen LogP contribution is 2.22. The molecule has 5 nitrogen and oxygen atoms in total. The van der Waals surface area contributed by atoms with E-state index in [-0.39, 0.29) is 5.91 Å². The van der Waals surface area contributed by atoms with Gasteiger partial charge in [0.15, 0.2) is 0 Å². The molecule has 1 aliphatic heterocycles. The lowest BCUT2D eigenvalue weighted by Gasteiger charge is -2.21. The Hall–Kier alpha value is -2.43. The lowest BCUT2D eigenvalue weighted by atomic mass is 10.1. The molecule has 0 bridgehead atoms. The zero-order chi connectivity index (χ0) is 15.0. The Balaban J connectivity index is 2.00. The van der Waals surface area contributed by atoms with Crippen LogP contribution in [-0.2, 0) is 4.79 Å². The van der Waals surface area contributed by atoms with Crippen LogP contribution in [-0.4, -0.2) is 39.5 Å². The number of aliphatic carboxylic acids is 1. The van der Waals surface area contributed by atoms with Crippen molar-refractivity contribution in [3.8, 4) is 0 Å². The quantitative estimate of drug-likeness (QED) is 0.918. The number of aryl methyl sites for hydroxylation is 1. The van der Waals surface area contributed by atoms with Gasteiger partial charge in [0, 0.05) is 11.9 Å². The van der Waals surface area contributed by atoms with Gasteiger partial charge in [-0.2, -0.15) is 0 Å². The molecule has 0 unspecified atom stereocenters. The second-order valence-corrected chi connectivity index (χ2v) is 5.34. The zero-order valence-corrected chi connectivity index (χ0v) is 11.7. The van der Waals surface area contributed by atoms with Gasteiger partial charge in [-0.25, -0.2) is 9.78 Å². The third-order valence-electron chi connectivity index (χ3n) is 3.94. The van der Waals surface area contributed by atoms with Crippen molar-refractivity contribution in [1.29, 1.82) is 0 Å². The number of carboxylic acids is 1. The van der Waals surface area contributed by atoms with Crippen molar-refractivity contribution in [2.45, 2.75) is 25.8 Å². The van der Waals surface area contributed by atoms with Crippen LogP contribution in [0.1, 0.15) is 28.9 Å². The second-order valence-electron chi connectivity index (χ2n) is 5.34. The summed E-state index contributed by atoms with van der Waals surface area (Å²) in [6, 6.07) is 8.63. The van der Waals surface area contributed by atoms with Crippen LogP contribution in [0.15, 0.2) is 30.3 Å². The maximum absolute atomic E-state index is 12.6. The van der Waals surface area contributed by atoms with Crippen LogP contribution in [0.4, 0.5) is 0 Å². The van der Waals surface area contributed by atoms with Gasteiger partial charge >= 0.3 is 5.97 Å². The lowest BCUT2D eigenvalue weighted by molar-refractivity contribution is -0.141. The molecule has 1 amide bonds. The van der Waals surface area contributed by atoms with Gasteiger partial charge < -0.3 is 10.0 Å². The maximum atomic E-state index is 12.6. The predicted octanol–water partition coefficient (Wildman–Crippen LogP) is 2.23. The molecule has 3 rings (SSSR count). The van der Waals surface area contributed by atoms with Gasteiger partial charge in [0.25, 0.3) is 5.91 Å². The summed E-state index contributed by atoms with van der Waals surface area (Å²) in [5.41, 5.74) is 2.04. The van der Waals surface area contributed by atoms with Crippen molar-refractivity contribution < 1.29 is 14.7 Å². The highest BCUT2D eigenvalue weighted by Gasteiger charge is 2.35. The summed E-state index contributed by atoms with van der Waals surface area (Å²) in [5.74, 6) is -1.24. The molecule has 1 atom stereocenters. The Bertz CT molecular complexity index is 727. The number of pyridine rings is 1. The predicted molar refractivity (Wildman–Crippen MR) is 78.2 cm³/mol. The number of carbonyl (C=O) groups excluding carboxylic acids is 1. The van der Waals surface area contributed by atoms with E-state index in [1.807, 2.05) is 31.2 Å². The molecule has 21 heavy (non-hydrogen) atoms. The molecule has 1 aromatic heterocycles. The standard InChI is InChI=1S/C16H16N2O3/c1-10-9-13(17-12-6-3-2-5-11(10)12)15(19)18-8-4-7-14(18)16(20)21/h2-3,5-6,9,14H,4,7-8H2,1H3,(H,20,21)/t14-/m0/s1. The van der Waals surface area contributed by atoms with E-state index in [0.29, 0.717) is 18.7 Å². The summed E-state index contributed by atoms with van der Waals surface area (Å²) < 4.78 is 0. The first-order valence-corrected chi connectivity index (χ1v) is 6.98. The van der Waals surface area contributed by atoms with Crippen LogP contribution >= 0.6 is 0 Å². The molecule has 2 aromatic rings. The average Bonchev–Trinajstić information content (AvgIpc) is 2.96. The lowest BCUT2D eigenvalue weighted by Crippen LogP contribution is -2.40. The molecule has 1 saturated heterocycles. The minimum absolute atomic E-state index is 0.297.